The van der Waals surface area contributed by atoms with Gasteiger partial charge in [0.15, 0.2) is 0 Å². The van der Waals surface area contributed by atoms with Gasteiger partial charge >= 0.3 is 0 Å². The number of benzene rings is 1. The van der Waals surface area contributed by atoms with E-state index in [9.17, 15) is 18.5 Å². The molecule has 2 bridgehead atoms. The van der Waals surface area contributed by atoms with Crippen molar-refractivity contribution in [2.24, 2.45) is 5.92 Å². The van der Waals surface area contributed by atoms with Gasteiger partial charge in [-0.05, 0) is 68.9 Å². The number of nitrogens with zero attached hydrogens (tertiary/aromatic N) is 2. The van der Waals surface area contributed by atoms with Crippen LogP contribution in [0.25, 0.3) is 0 Å². The number of fused-ring (bicyclic) bond motifs is 2. The van der Waals surface area contributed by atoms with E-state index >= 15 is 0 Å². The number of sulfonamides is 1. The summed E-state index contributed by atoms with van der Waals surface area (Å²) < 4.78 is 26.4. The van der Waals surface area contributed by atoms with E-state index in [1.165, 1.54) is 5.56 Å². The normalized spacial score (nSPS) is 27.4. The van der Waals surface area contributed by atoms with E-state index in [-0.39, 0.29) is 17.2 Å². The molecule has 3 aliphatic rings. The Kier molecular flexibility index (Phi) is 6.89. The number of carbonyl (C=O) groups excluding carboxylic acids is 1. The zero-order valence-electron chi connectivity index (χ0n) is 19.0. The van der Waals surface area contributed by atoms with Gasteiger partial charge in [0.1, 0.15) is 6.04 Å². The van der Waals surface area contributed by atoms with Crippen LogP contribution in [0.1, 0.15) is 63.0 Å². The van der Waals surface area contributed by atoms with Crippen molar-refractivity contribution < 1.29 is 13.2 Å². The molecule has 0 aromatic heterocycles. The molecule has 0 radical (unpaired) electrons. The van der Waals surface area contributed by atoms with Crippen LogP contribution in [0.4, 0.5) is 0 Å². The minimum absolute atomic E-state index is 0.0523. The second-order valence-corrected chi connectivity index (χ2v) is 12.3. The Bertz CT molecular complexity index is 962. The molecule has 0 spiro atoms. The zero-order chi connectivity index (χ0) is 22.9. The van der Waals surface area contributed by atoms with Crippen LogP contribution < -0.4 is 10.6 Å². The molecule has 2 N–H and O–H groups in total. The van der Waals surface area contributed by atoms with Crippen molar-refractivity contribution in [2.45, 2.75) is 81.7 Å². The number of carbonyl (C=O) groups is 1. The molecule has 1 aliphatic carbocycles. The number of nitrogens with one attached hydrogen (secondary N) is 2. The van der Waals surface area contributed by atoms with Gasteiger partial charge in [-0.3, -0.25) is 4.79 Å². The van der Waals surface area contributed by atoms with Gasteiger partial charge in [-0.25, -0.2) is 12.7 Å². The molecule has 3 fully saturated rings. The third-order valence-electron chi connectivity index (χ3n) is 7.42. The summed E-state index contributed by atoms with van der Waals surface area (Å²) in [4.78, 5) is 12.6. The van der Waals surface area contributed by atoms with E-state index in [0.717, 1.165) is 37.7 Å². The molecule has 174 valence electrons. The van der Waals surface area contributed by atoms with Crippen molar-refractivity contribution in [3.05, 3.63) is 35.4 Å². The van der Waals surface area contributed by atoms with E-state index < -0.39 is 16.1 Å². The Morgan fingerprint density at radius 2 is 1.88 bits per heavy atom. The molecule has 4 rings (SSSR count). The number of hydrogen-bond donors (Lipinski definition) is 2. The largest absolute Gasteiger partial charge is 0.339 e. The highest BCUT2D eigenvalue weighted by Crippen LogP contribution is 2.35. The van der Waals surface area contributed by atoms with Crippen LogP contribution in [0, 0.1) is 17.2 Å². The maximum atomic E-state index is 12.6. The predicted molar refractivity (Wildman–Crippen MR) is 123 cm³/mol. The first-order chi connectivity index (χ1) is 15.3. The summed E-state index contributed by atoms with van der Waals surface area (Å²) in [6.07, 6.45) is 5.43. The predicted octanol–water partition coefficient (Wildman–Crippen LogP) is 2.30. The van der Waals surface area contributed by atoms with E-state index in [1.54, 1.807) is 18.2 Å². The molecular formula is C24H34N4O3S. The quantitative estimate of drug-likeness (QED) is 0.653. The lowest BCUT2D eigenvalue weighted by molar-refractivity contribution is -0.124. The fraction of sp³-hybridized carbons (Fsp3) is 0.667. The first kappa shape index (κ1) is 23.2. The maximum absolute atomic E-state index is 12.6. The van der Waals surface area contributed by atoms with Crippen molar-refractivity contribution in [2.75, 3.05) is 13.1 Å². The molecule has 2 heterocycles. The minimum atomic E-state index is -3.18. The van der Waals surface area contributed by atoms with E-state index in [2.05, 4.69) is 28.8 Å². The standard InChI is InChI=1S/C24H34N4O3S/c1-16(2)32(30,31)28-11-9-19(10-12-28)18-5-3-17(4-6-18)13-22(15-25)27-24(29)23-20-7-8-21(14-20)26-23/h3-6,16,19-23,26H,7-14H2,1-2H3,(H,27,29)/t20?,21-,22+,23+/m1/s1. The molecule has 8 heteroatoms. The van der Waals surface area contributed by atoms with Crippen LogP contribution in [0.15, 0.2) is 24.3 Å². The fourth-order valence-corrected chi connectivity index (χ4v) is 6.76. The van der Waals surface area contributed by atoms with Crippen LogP contribution >= 0.6 is 0 Å². The van der Waals surface area contributed by atoms with Crippen molar-refractivity contribution in [3.8, 4) is 6.07 Å². The van der Waals surface area contributed by atoms with Crippen LogP contribution in [-0.4, -0.2) is 55.1 Å². The van der Waals surface area contributed by atoms with E-state index in [4.69, 9.17) is 0 Å². The molecule has 1 aromatic rings. The molecule has 1 aromatic carbocycles. The summed E-state index contributed by atoms with van der Waals surface area (Å²) >= 11 is 0. The van der Waals surface area contributed by atoms with Crippen LogP contribution in [0.3, 0.4) is 0 Å². The molecule has 1 unspecified atom stereocenters. The van der Waals surface area contributed by atoms with E-state index in [0.29, 0.717) is 37.4 Å². The van der Waals surface area contributed by atoms with Gasteiger partial charge < -0.3 is 10.6 Å². The number of amides is 1. The van der Waals surface area contributed by atoms with Gasteiger partial charge in [0.05, 0.1) is 17.4 Å². The maximum Gasteiger partial charge on any atom is 0.238 e. The van der Waals surface area contributed by atoms with Crippen molar-refractivity contribution in [3.63, 3.8) is 0 Å². The third-order valence-corrected chi connectivity index (χ3v) is 9.69. The van der Waals surface area contributed by atoms with Crippen LogP contribution in [-0.2, 0) is 21.2 Å². The highest BCUT2D eigenvalue weighted by atomic mass is 32.2. The summed E-state index contributed by atoms with van der Waals surface area (Å²) in [6.45, 7) is 4.58. The molecule has 7 nitrogen and oxygen atoms in total. The lowest BCUT2D eigenvalue weighted by Crippen LogP contribution is -2.50. The Balaban J connectivity index is 1.30. The summed E-state index contributed by atoms with van der Waals surface area (Å²) in [5.41, 5.74) is 2.22. The summed E-state index contributed by atoms with van der Waals surface area (Å²) in [5.74, 6) is 0.696. The zero-order valence-corrected chi connectivity index (χ0v) is 19.8. The highest BCUT2D eigenvalue weighted by Gasteiger charge is 2.43. The second-order valence-electron chi connectivity index (χ2n) is 9.82. The summed E-state index contributed by atoms with van der Waals surface area (Å²) in [5, 5.41) is 15.5. The Morgan fingerprint density at radius 3 is 2.41 bits per heavy atom. The van der Waals surface area contributed by atoms with Gasteiger partial charge in [0, 0.05) is 25.6 Å². The number of piperidine rings is 2. The summed E-state index contributed by atoms with van der Waals surface area (Å²) in [6, 6.07) is 10.2. The Hall–Kier alpha value is -1.95. The van der Waals surface area contributed by atoms with Gasteiger partial charge in [-0.2, -0.15) is 5.26 Å². The van der Waals surface area contributed by atoms with Gasteiger partial charge in [-0.15, -0.1) is 0 Å². The molecule has 1 saturated carbocycles. The summed E-state index contributed by atoms with van der Waals surface area (Å²) in [7, 11) is -3.18. The molecule has 4 atom stereocenters. The van der Waals surface area contributed by atoms with Gasteiger partial charge in [0.2, 0.25) is 15.9 Å². The van der Waals surface area contributed by atoms with Crippen molar-refractivity contribution in [1.29, 1.82) is 5.26 Å². The molecule has 1 amide bonds. The number of hydrogen-bond acceptors (Lipinski definition) is 5. The Morgan fingerprint density at radius 1 is 1.19 bits per heavy atom. The van der Waals surface area contributed by atoms with Gasteiger partial charge in [0.25, 0.3) is 0 Å². The molecular weight excluding hydrogens is 424 g/mol. The highest BCUT2D eigenvalue weighted by molar-refractivity contribution is 7.89. The molecule has 2 saturated heterocycles. The average molecular weight is 459 g/mol. The smallest absolute Gasteiger partial charge is 0.238 e. The first-order valence-corrected chi connectivity index (χ1v) is 13.3. The number of nitriles is 1. The average Bonchev–Trinajstić information content (AvgIpc) is 3.43. The van der Waals surface area contributed by atoms with Crippen LogP contribution in [0.2, 0.25) is 0 Å². The lowest BCUT2D eigenvalue weighted by atomic mass is 9.89. The van der Waals surface area contributed by atoms with Crippen molar-refractivity contribution in [1.82, 2.24) is 14.9 Å². The monoisotopic (exact) mass is 458 g/mol. The topological polar surface area (TPSA) is 102 Å². The SMILES string of the molecule is CC(C)S(=O)(=O)N1CCC(c2ccc(C[C@@H](C#N)NC(=O)[C@H]3N[C@@H]4CCC3C4)cc2)CC1. The fourth-order valence-electron chi connectivity index (χ4n) is 5.44. The minimum Gasteiger partial charge on any atom is -0.339 e. The second kappa shape index (κ2) is 9.50. The van der Waals surface area contributed by atoms with E-state index in [1.807, 2.05) is 12.1 Å². The molecule has 2 aliphatic heterocycles. The Labute approximate surface area is 191 Å². The van der Waals surface area contributed by atoms with Gasteiger partial charge in [-0.1, -0.05) is 24.3 Å². The first-order valence-electron chi connectivity index (χ1n) is 11.8. The lowest BCUT2D eigenvalue weighted by Gasteiger charge is -2.32. The van der Waals surface area contributed by atoms with Crippen molar-refractivity contribution >= 4 is 15.9 Å². The number of rotatable bonds is 7. The third kappa shape index (κ3) is 4.85. The van der Waals surface area contributed by atoms with Crippen LogP contribution in [0.5, 0.6) is 0 Å². The molecule has 32 heavy (non-hydrogen) atoms.